The van der Waals surface area contributed by atoms with E-state index in [1.54, 1.807) is 7.11 Å². The molecule has 0 N–H and O–H groups in total. The highest BCUT2D eigenvalue weighted by molar-refractivity contribution is 5.99. The highest BCUT2D eigenvalue weighted by atomic mass is 16.5. The zero-order valence-electron chi connectivity index (χ0n) is 20.3. The Bertz CT molecular complexity index is 965. The van der Waals surface area contributed by atoms with Crippen molar-refractivity contribution < 1.29 is 14.3 Å². The number of carbonyl (C=O) groups excluding carboxylic acids is 2. The molecule has 1 aromatic carbocycles. The van der Waals surface area contributed by atoms with Crippen LogP contribution in [0.3, 0.4) is 0 Å². The number of benzene rings is 1. The molecular formula is C27H37N3O3. The summed E-state index contributed by atoms with van der Waals surface area (Å²) in [4.78, 5) is 29.9. The Morgan fingerprint density at radius 2 is 1.67 bits per heavy atom. The maximum atomic E-state index is 13.1. The highest BCUT2D eigenvalue weighted by Gasteiger charge is 2.26. The number of ketones is 1. The Balaban J connectivity index is 1.25. The molecule has 0 spiro atoms. The van der Waals surface area contributed by atoms with Crippen LogP contribution in [0.2, 0.25) is 0 Å². The molecule has 178 valence electrons. The Morgan fingerprint density at radius 1 is 1.00 bits per heavy atom. The lowest BCUT2D eigenvalue weighted by molar-refractivity contribution is -0.132. The monoisotopic (exact) mass is 451 g/mol. The summed E-state index contributed by atoms with van der Waals surface area (Å²) in [6.45, 7) is 7.54. The van der Waals surface area contributed by atoms with Crippen LogP contribution >= 0.6 is 0 Å². The predicted octanol–water partition coefficient (Wildman–Crippen LogP) is 4.19. The summed E-state index contributed by atoms with van der Waals surface area (Å²) in [6, 6.07) is 10.5. The average molecular weight is 452 g/mol. The van der Waals surface area contributed by atoms with E-state index in [-0.39, 0.29) is 11.7 Å². The van der Waals surface area contributed by atoms with E-state index in [1.165, 1.54) is 31.4 Å². The fourth-order valence-corrected chi connectivity index (χ4v) is 5.43. The second-order valence-electron chi connectivity index (χ2n) is 9.52. The molecule has 0 radical (unpaired) electrons. The van der Waals surface area contributed by atoms with Gasteiger partial charge in [0.15, 0.2) is 5.78 Å². The first-order chi connectivity index (χ1) is 16.0. The van der Waals surface area contributed by atoms with Gasteiger partial charge in [0.05, 0.1) is 13.7 Å². The molecule has 0 unspecified atom stereocenters. The standard InChI is InChI=1S/C27H37N3O3/c1-20-18-25(21(2)30(20)23-6-4-5-7-23)26(31)19-28-14-16-29(17-15-28)27(32)13-10-22-8-11-24(33-3)12-9-22/h8-9,11-12,18,23H,4-7,10,13-17,19H2,1-3H3. The minimum absolute atomic E-state index is 0.192. The summed E-state index contributed by atoms with van der Waals surface area (Å²) in [5.41, 5.74) is 4.34. The van der Waals surface area contributed by atoms with Gasteiger partial charge in [-0.3, -0.25) is 14.5 Å². The van der Waals surface area contributed by atoms with Gasteiger partial charge in [0.1, 0.15) is 5.75 Å². The molecular weight excluding hydrogens is 414 g/mol. The number of amides is 1. The van der Waals surface area contributed by atoms with Crippen LogP contribution in [-0.2, 0) is 11.2 Å². The number of aryl methyl sites for hydroxylation is 2. The average Bonchev–Trinajstić information content (AvgIpc) is 3.45. The Labute approximate surface area is 197 Å². The van der Waals surface area contributed by atoms with Crippen molar-refractivity contribution in [2.45, 2.75) is 58.4 Å². The van der Waals surface area contributed by atoms with E-state index in [0.717, 1.165) is 42.1 Å². The molecule has 1 saturated carbocycles. The van der Waals surface area contributed by atoms with Crippen molar-refractivity contribution in [1.29, 1.82) is 0 Å². The number of nitrogens with zero attached hydrogens (tertiary/aromatic N) is 3. The van der Waals surface area contributed by atoms with Crippen molar-refractivity contribution in [2.24, 2.45) is 0 Å². The fourth-order valence-electron chi connectivity index (χ4n) is 5.43. The fraction of sp³-hybridized carbons (Fsp3) is 0.556. The van der Waals surface area contributed by atoms with E-state index in [4.69, 9.17) is 4.74 Å². The third-order valence-corrected chi connectivity index (χ3v) is 7.35. The van der Waals surface area contributed by atoms with Crippen LogP contribution in [0, 0.1) is 13.8 Å². The summed E-state index contributed by atoms with van der Waals surface area (Å²) in [6.07, 6.45) is 6.26. The zero-order chi connectivity index (χ0) is 23.4. The van der Waals surface area contributed by atoms with Crippen molar-refractivity contribution in [3.05, 3.63) is 52.8 Å². The van der Waals surface area contributed by atoms with Crippen LogP contribution in [-0.4, -0.2) is 65.9 Å². The normalized spacial score (nSPS) is 17.5. The molecule has 33 heavy (non-hydrogen) atoms. The van der Waals surface area contributed by atoms with Crippen LogP contribution in [0.4, 0.5) is 0 Å². The first kappa shape index (κ1) is 23.6. The maximum Gasteiger partial charge on any atom is 0.222 e. The third kappa shape index (κ3) is 5.49. The van der Waals surface area contributed by atoms with Gasteiger partial charge >= 0.3 is 0 Å². The van der Waals surface area contributed by atoms with Gasteiger partial charge in [0.25, 0.3) is 0 Å². The van der Waals surface area contributed by atoms with Crippen molar-refractivity contribution in [1.82, 2.24) is 14.4 Å². The summed E-state index contributed by atoms with van der Waals surface area (Å²) in [5.74, 6) is 1.22. The van der Waals surface area contributed by atoms with Gasteiger partial charge in [-0.2, -0.15) is 0 Å². The molecule has 4 rings (SSSR count). The van der Waals surface area contributed by atoms with E-state index in [0.29, 0.717) is 32.1 Å². The molecule has 2 fully saturated rings. The molecule has 1 amide bonds. The lowest BCUT2D eigenvalue weighted by atomic mass is 10.1. The first-order valence-corrected chi connectivity index (χ1v) is 12.3. The Hall–Kier alpha value is -2.60. The van der Waals surface area contributed by atoms with Crippen molar-refractivity contribution in [3.63, 3.8) is 0 Å². The summed E-state index contributed by atoms with van der Waals surface area (Å²) >= 11 is 0. The van der Waals surface area contributed by atoms with Crippen LogP contribution in [0.25, 0.3) is 0 Å². The van der Waals surface area contributed by atoms with Crippen LogP contribution < -0.4 is 4.74 Å². The summed E-state index contributed by atoms with van der Waals surface area (Å²) in [5, 5.41) is 0. The van der Waals surface area contributed by atoms with E-state index in [1.807, 2.05) is 29.2 Å². The van der Waals surface area contributed by atoms with Gasteiger partial charge in [-0.25, -0.2) is 0 Å². The third-order valence-electron chi connectivity index (χ3n) is 7.35. The van der Waals surface area contributed by atoms with E-state index in [9.17, 15) is 9.59 Å². The van der Waals surface area contributed by atoms with Gasteiger partial charge < -0.3 is 14.2 Å². The van der Waals surface area contributed by atoms with Crippen molar-refractivity contribution in [2.75, 3.05) is 39.8 Å². The van der Waals surface area contributed by atoms with Gasteiger partial charge in [-0.15, -0.1) is 0 Å². The SMILES string of the molecule is COc1ccc(CCC(=O)N2CCN(CC(=O)c3cc(C)n(C4CCCC4)c3C)CC2)cc1. The Morgan fingerprint density at radius 3 is 2.30 bits per heavy atom. The predicted molar refractivity (Wildman–Crippen MR) is 130 cm³/mol. The van der Waals surface area contributed by atoms with E-state index in [2.05, 4.69) is 29.4 Å². The largest absolute Gasteiger partial charge is 0.497 e. The zero-order valence-corrected chi connectivity index (χ0v) is 20.3. The molecule has 6 nitrogen and oxygen atoms in total. The minimum atomic E-state index is 0.192. The first-order valence-electron chi connectivity index (χ1n) is 12.3. The number of hydrogen-bond donors (Lipinski definition) is 0. The molecule has 1 saturated heterocycles. The van der Waals surface area contributed by atoms with Crippen LogP contribution in [0.1, 0.15) is 65.5 Å². The number of carbonyl (C=O) groups is 2. The number of hydrogen-bond acceptors (Lipinski definition) is 4. The molecule has 0 atom stereocenters. The van der Waals surface area contributed by atoms with Gasteiger partial charge in [-0.05, 0) is 56.9 Å². The number of aromatic nitrogens is 1. The highest BCUT2D eigenvalue weighted by Crippen LogP contribution is 2.33. The molecule has 0 bridgehead atoms. The van der Waals surface area contributed by atoms with Gasteiger partial charge in [-0.1, -0.05) is 25.0 Å². The molecule has 2 heterocycles. The minimum Gasteiger partial charge on any atom is -0.497 e. The second kappa shape index (κ2) is 10.6. The van der Waals surface area contributed by atoms with Crippen molar-refractivity contribution >= 4 is 11.7 Å². The smallest absolute Gasteiger partial charge is 0.222 e. The topological polar surface area (TPSA) is 54.8 Å². The quantitative estimate of drug-likeness (QED) is 0.565. The van der Waals surface area contributed by atoms with Crippen LogP contribution in [0.15, 0.2) is 30.3 Å². The number of ether oxygens (including phenoxy) is 1. The summed E-state index contributed by atoms with van der Waals surface area (Å²) < 4.78 is 7.58. The number of piperazine rings is 1. The van der Waals surface area contributed by atoms with Gasteiger partial charge in [0, 0.05) is 55.6 Å². The van der Waals surface area contributed by atoms with E-state index >= 15 is 0 Å². The lowest BCUT2D eigenvalue weighted by Gasteiger charge is -2.34. The molecule has 2 aliphatic rings. The molecule has 2 aromatic rings. The number of rotatable bonds is 8. The van der Waals surface area contributed by atoms with Crippen molar-refractivity contribution in [3.8, 4) is 5.75 Å². The number of methoxy groups -OCH3 is 1. The summed E-state index contributed by atoms with van der Waals surface area (Å²) in [7, 11) is 1.65. The lowest BCUT2D eigenvalue weighted by Crippen LogP contribution is -2.50. The molecule has 1 aromatic heterocycles. The molecule has 6 heteroatoms. The number of Topliss-reactive ketones (excluding diaryl/α,β-unsaturated/α-hetero) is 1. The van der Waals surface area contributed by atoms with Crippen LogP contribution in [0.5, 0.6) is 5.75 Å². The molecule has 1 aliphatic heterocycles. The maximum absolute atomic E-state index is 13.1. The second-order valence-corrected chi connectivity index (χ2v) is 9.52. The van der Waals surface area contributed by atoms with E-state index < -0.39 is 0 Å². The Kier molecular flexibility index (Phi) is 7.53. The van der Waals surface area contributed by atoms with Gasteiger partial charge in [0.2, 0.25) is 5.91 Å². The molecule has 1 aliphatic carbocycles.